The largest absolute Gasteiger partial charge is 0.384 e. The third-order valence-electron chi connectivity index (χ3n) is 15.6. The molecule has 2 aromatic rings. The standard InChI is InChI=1S/C55H69N5O10/c1-4-23-55(67)24-22-44-41-18-14-37-34-39(61)17-19-40(37)49(41)43(35-54(44,55)2)36-12-15-38(16-13-36)59(3)27-6-11-47(62)57-26-8-29-69-31-33-70-32-30-68-28-7-25-56-45-10-5-9-42-50(45)53(66)60(52(42)65)46-20-21-48(63)58-51(46)64/h5,9-10,12-13,15-16,34,41,43-44,46,56,67H,6-8,11,14,17-22,24-33,35H2,1-3H3,(H,57,62)(H,58,63,64)/t41-,43+,44-,46?,54-,55-/m0/s1. The Hall–Kier alpha value is -5.66. The summed E-state index contributed by atoms with van der Waals surface area (Å²) in [5, 5.41) is 20.4. The summed E-state index contributed by atoms with van der Waals surface area (Å²) in [7, 11) is 2.06. The quantitative estimate of drug-likeness (QED) is 0.0611. The van der Waals surface area contributed by atoms with Crippen LogP contribution >= 0.6 is 0 Å². The van der Waals surface area contributed by atoms with Crippen LogP contribution in [0.25, 0.3) is 0 Å². The number of nitrogens with one attached hydrogen (secondary N) is 3. The molecule has 2 saturated carbocycles. The first kappa shape index (κ1) is 50.7. The fourth-order valence-electron chi connectivity index (χ4n) is 12.0. The lowest BCUT2D eigenvalue weighted by Gasteiger charge is -2.53. The number of carbonyl (C=O) groups excluding carboxylic acids is 6. The summed E-state index contributed by atoms with van der Waals surface area (Å²) in [5.41, 5.74) is 6.13. The summed E-state index contributed by atoms with van der Waals surface area (Å²) in [4.78, 5) is 78.5. The lowest BCUT2D eigenvalue weighted by molar-refractivity contribution is -0.136. The summed E-state index contributed by atoms with van der Waals surface area (Å²) in [6, 6.07) is 12.8. The maximum absolute atomic E-state index is 13.3. The molecule has 15 nitrogen and oxygen atoms in total. The molecule has 0 radical (unpaired) electrons. The molecule has 2 aliphatic heterocycles. The molecule has 0 bridgehead atoms. The van der Waals surface area contributed by atoms with Gasteiger partial charge in [-0.25, -0.2) is 0 Å². The summed E-state index contributed by atoms with van der Waals surface area (Å²) >= 11 is 0. The van der Waals surface area contributed by atoms with Crippen LogP contribution in [0.3, 0.4) is 0 Å². The highest BCUT2D eigenvalue weighted by Gasteiger charge is 2.62. The van der Waals surface area contributed by atoms with E-state index >= 15 is 0 Å². The maximum Gasteiger partial charge on any atom is 0.264 e. The van der Waals surface area contributed by atoms with Gasteiger partial charge >= 0.3 is 0 Å². The molecule has 4 N–H and O–H groups in total. The van der Waals surface area contributed by atoms with Crippen molar-refractivity contribution >= 4 is 46.7 Å². The number of hydrogen-bond acceptors (Lipinski definition) is 12. The van der Waals surface area contributed by atoms with E-state index in [1.807, 2.05) is 13.0 Å². The van der Waals surface area contributed by atoms with Gasteiger partial charge < -0.3 is 34.9 Å². The molecule has 3 fully saturated rings. The van der Waals surface area contributed by atoms with Crippen molar-refractivity contribution in [3.05, 3.63) is 82.0 Å². The van der Waals surface area contributed by atoms with E-state index in [-0.39, 0.29) is 47.0 Å². The molecule has 1 unspecified atom stereocenters. The lowest BCUT2D eigenvalue weighted by Crippen LogP contribution is -2.54. The van der Waals surface area contributed by atoms with E-state index in [2.05, 4.69) is 70.9 Å². The number of rotatable bonds is 22. The molecule has 0 spiro atoms. The highest BCUT2D eigenvalue weighted by Crippen LogP contribution is 2.66. The van der Waals surface area contributed by atoms with E-state index in [4.69, 9.17) is 14.2 Å². The summed E-state index contributed by atoms with van der Waals surface area (Å²) in [6.07, 6.45) is 10.4. The van der Waals surface area contributed by atoms with Crippen molar-refractivity contribution in [2.24, 2.45) is 17.3 Å². The molecule has 6 aliphatic rings. The smallest absolute Gasteiger partial charge is 0.264 e. The van der Waals surface area contributed by atoms with Crippen LogP contribution in [0, 0.1) is 29.1 Å². The molecule has 4 aliphatic carbocycles. The lowest BCUT2D eigenvalue weighted by atomic mass is 9.51. The molecule has 2 aromatic carbocycles. The number of allylic oxidation sites excluding steroid dienone is 4. The predicted molar refractivity (Wildman–Crippen MR) is 264 cm³/mol. The molecule has 0 aromatic heterocycles. The average Bonchev–Trinajstić information content (AvgIpc) is 3.76. The van der Waals surface area contributed by atoms with Gasteiger partial charge in [-0.2, -0.15) is 0 Å². The number of benzene rings is 2. The van der Waals surface area contributed by atoms with E-state index in [0.29, 0.717) is 102 Å². The first-order chi connectivity index (χ1) is 33.8. The minimum atomic E-state index is -1.01. The minimum absolute atomic E-state index is 0.0227. The van der Waals surface area contributed by atoms with Crippen molar-refractivity contribution < 1.29 is 48.1 Å². The van der Waals surface area contributed by atoms with E-state index in [0.717, 1.165) is 55.7 Å². The van der Waals surface area contributed by atoms with Gasteiger partial charge in [0, 0.05) is 81.9 Å². The van der Waals surface area contributed by atoms with Crippen molar-refractivity contribution in [2.75, 3.05) is 76.5 Å². The number of carbonyl (C=O) groups is 6. The van der Waals surface area contributed by atoms with Gasteiger partial charge in [0.15, 0.2) is 5.78 Å². The first-order valence-electron chi connectivity index (χ1n) is 25.4. The molecule has 5 amide bonds. The molecule has 8 rings (SSSR count). The number of fused-ring (bicyclic) bond motifs is 5. The zero-order valence-electron chi connectivity index (χ0n) is 41.0. The van der Waals surface area contributed by atoms with Crippen LogP contribution in [0.1, 0.15) is 130 Å². The molecular weight excluding hydrogens is 891 g/mol. The summed E-state index contributed by atoms with van der Waals surface area (Å²) in [5.74, 6) is 5.33. The van der Waals surface area contributed by atoms with Crippen LogP contribution < -0.4 is 20.9 Å². The predicted octanol–water partition coefficient (Wildman–Crippen LogP) is 6.02. The average molecular weight is 960 g/mol. The number of aliphatic hydroxyl groups is 1. The number of anilines is 2. The van der Waals surface area contributed by atoms with Crippen molar-refractivity contribution in [2.45, 2.75) is 115 Å². The number of piperidine rings is 1. The normalized spacial score (nSPS) is 25.9. The second kappa shape index (κ2) is 22.6. The van der Waals surface area contributed by atoms with E-state index < -0.39 is 35.3 Å². The highest BCUT2D eigenvalue weighted by molar-refractivity contribution is 6.25. The Balaban J connectivity index is 0.669. The van der Waals surface area contributed by atoms with Crippen molar-refractivity contribution in [3.8, 4) is 11.8 Å². The van der Waals surface area contributed by atoms with Gasteiger partial charge in [0.25, 0.3) is 11.8 Å². The van der Waals surface area contributed by atoms with Crippen LogP contribution in [0.5, 0.6) is 0 Å². The van der Waals surface area contributed by atoms with Crippen LogP contribution in [0.2, 0.25) is 0 Å². The second-order valence-electron chi connectivity index (χ2n) is 19.9. The third-order valence-corrected chi connectivity index (χ3v) is 15.6. The Bertz CT molecular complexity index is 2460. The Morgan fingerprint density at radius 2 is 1.60 bits per heavy atom. The third kappa shape index (κ3) is 10.8. The second-order valence-corrected chi connectivity index (χ2v) is 19.9. The van der Waals surface area contributed by atoms with Crippen LogP contribution in [0.15, 0.2) is 65.3 Å². The van der Waals surface area contributed by atoms with Crippen molar-refractivity contribution in [3.63, 3.8) is 0 Å². The molecule has 2 heterocycles. The van der Waals surface area contributed by atoms with Crippen LogP contribution in [0.4, 0.5) is 11.4 Å². The number of imide groups is 2. The van der Waals surface area contributed by atoms with Gasteiger partial charge in [0.2, 0.25) is 17.7 Å². The summed E-state index contributed by atoms with van der Waals surface area (Å²) in [6.45, 7) is 8.53. The molecule has 15 heteroatoms. The maximum atomic E-state index is 13.3. The molecule has 70 heavy (non-hydrogen) atoms. The molecule has 6 atom stereocenters. The summed E-state index contributed by atoms with van der Waals surface area (Å²) < 4.78 is 17.0. The molecule has 374 valence electrons. The SMILES string of the molecule is CC#C[C@]1(O)CC[C@H]2[C@@H]3CCC4=CC(=O)CCC4=C3[C@@H](c3ccc(N(C)CCCC(=O)NCCCOCCOCCOCCCNc4cccc5c4C(=O)N(C4CCC(=O)NC4=O)C5=O)cc3)C[C@@]21C. The Morgan fingerprint density at radius 1 is 0.871 bits per heavy atom. The van der Waals surface area contributed by atoms with Gasteiger partial charge in [-0.3, -0.25) is 39.0 Å². The topological polar surface area (TPSA) is 193 Å². The highest BCUT2D eigenvalue weighted by atomic mass is 16.5. The zero-order valence-corrected chi connectivity index (χ0v) is 41.0. The Labute approximate surface area is 411 Å². The number of ketones is 1. The fraction of sp³-hybridized carbons (Fsp3) is 0.564. The minimum Gasteiger partial charge on any atom is -0.384 e. The van der Waals surface area contributed by atoms with Crippen molar-refractivity contribution in [1.82, 2.24) is 15.5 Å². The zero-order chi connectivity index (χ0) is 49.4. The Morgan fingerprint density at radius 3 is 2.33 bits per heavy atom. The number of nitrogens with zero attached hydrogens (tertiary/aromatic N) is 2. The van der Waals surface area contributed by atoms with Gasteiger partial charge in [0.1, 0.15) is 11.6 Å². The number of ether oxygens (including phenoxy) is 3. The van der Waals surface area contributed by atoms with Crippen LogP contribution in [-0.4, -0.2) is 123 Å². The van der Waals surface area contributed by atoms with E-state index in [9.17, 15) is 33.9 Å². The van der Waals surface area contributed by atoms with Gasteiger partial charge in [-0.1, -0.05) is 36.6 Å². The fourth-order valence-corrected chi connectivity index (χ4v) is 12.0. The Kier molecular flexibility index (Phi) is 16.4. The first-order valence-corrected chi connectivity index (χ1v) is 25.4. The van der Waals surface area contributed by atoms with Gasteiger partial charge in [-0.05, 0) is 130 Å². The van der Waals surface area contributed by atoms with E-state index in [1.165, 1.54) is 22.3 Å². The monoisotopic (exact) mass is 960 g/mol. The van der Waals surface area contributed by atoms with E-state index in [1.54, 1.807) is 18.2 Å². The molecular formula is C55H69N5O10. The number of amides is 5. The van der Waals surface area contributed by atoms with Crippen LogP contribution in [-0.2, 0) is 33.4 Å². The van der Waals surface area contributed by atoms with Gasteiger partial charge in [0.05, 0.1) is 37.6 Å². The molecule has 1 saturated heterocycles. The van der Waals surface area contributed by atoms with Crippen molar-refractivity contribution in [1.29, 1.82) is 0 Å². The van der Waals surface area contributed by atoms with Gasteiger partial charge in [-0.15, -0.1) is 5.92 Å². The number of hydrogen-bond donors (Lipinski definition) is 4.